The Hall–Kier alpha value is -2.38. The van der Waals surface area contributed by atoms with Gasteiger partial charge in [-0.3, -0.25) is 10.1 Å². The number of carbonyl (C=O) groups is 2. The maximum Gasteiger partial charge on any atom is 0.412 e. The number of ether oxygens (including phenoxy) is 1. The third-order valence-corrected chi connectivity index (χ3v) is 4.24. The molecule has 2 aromatic rings. The minimum atomic E-state index is -0.712. The highest BCUT2D eigenvalue weighted by Gasteiger charge is 2.20. The molecule has 138 valence electrons. The zero-order valence-electron chi connectivity index (χ0n) is 14.2. The van der Waals surface area contributed by atoms with Crippen LogP contribution < -0.4 is 5.32 Å². The zero-order chi connectivity index (χ0) is 19.1. The van der Waals surface area contributed by atoms with E-state index in [1.165, 1.54) is 13.0 Å². The number of amides is 1. The minimum absolute atomic E-state index is 0.00903. The lowest BCUT2D eigenvalue weighted by Gasteiger charge is -2.19. The Morgan fingerprint density at radius 2 is 1.88 bits per heavy atom. The van der Waals surface area contributed by atoms with E-state index < -0.39 is 12.2 Å². The van der Waals surface area contributed by atoms with Gasteiger partial charge in [-0.25, -0.2) is 4.79 Å². The fraction of sp³-hybridized carbons (Fsp3) is 0.263. The standard InChI is InChI=1S/C19H20BrNO5/c1-12(23)13-4-7-15(8-5-13)21-19(25)26-18(3-2-10-22)16-11-14(20)6-9-17(16)24/h4-9,11,18,22,24H,2-3,10H2,1H3,(H,21,25)/t18-/m0/s1. The lowest BCUT2D eigenvalue weighted by atomic mass is 10.0. The summed E-state index contributed by atoms with van der Waals surface area (Å²) in [7, 11) is 0. The molecule has 0 heterocycles. The van der Waals surface area contributed by atoms with E-state index in [-0.39, 0.29) is 18.1 Å². The highest BCUT2D eigenvalue weighted by atomic mass is 79.9. The Morgan fingerprint density at radius 1 is 1.19 bits per heavy atom. The van der Waals surface area contributed by atoms with E-state index in [4.69, 9.17) is 9.84 Å². The molecule has 0 fully saturated rings. The van der Waals surface area contributed by atoms with E-state index >= 15 is 0 Å². The summed E-state index contributed by atoms with van der Waals surface area (Å²) >= 11 is 3.33. The van der Waals surface area contributed by atoms with Crippen molar-refractivity contribution in [3.05, 3.63) is 58.1 Å². The van der Waals surface area contributed by atoms with Crippen molar-refractivity contribution >= 4 is 33.5 Å². The number of phenols is 1. The second kappa shape index (κ2) is 9.35. The molecule has 0 aromatic heterocycles. The highest BCUT2D eigenvalue weighted by Crippen LogP contribution is 2.33. The number of phenolic OH excluding ortho intramolecular Hbond substituents is 1. The number of nitrogens with one attached hydrogen (secondary N) is 1. The number of aromatic hydroxyl groups is 1. The number of hydrogen-bond donors (Lipinski definition) is 3. The summed E-state index contributed by atoms with van der Waals surface area (Å²) in [6.07, 6.45) is -0.631. The van der Waals surface area contributed by atoms with Crippen LogP contribution in [0.15, 0.2) is 46.9 Å². The molecule has 0 spiro atoms. The molecule has 1 amide bonds. The van der Waals surface area contributed by atoms with Crippen molar-refractivity contribution in [2.45, 2.75) is 25.9 Å². The molecule has 1 atom stereocenters. The van der Waals surface area contributed by atoms with Gasteiger partial charge in [0, 0.05) is 27.9 Å². The molecule has 7 heteroatoms. The molecule has 0 radical (unpaired) electrons. The largest absolute Gasteiger partial charge is 0.508 e. The Bertz CT molecular complexity index is 776. The van der Waals surface area contributed by atoms with Crippen LogP contribution in [0.3, 0.4) is 0 Å². The molecule has 6 nitrogen and oxygen atoms in total. The quantitative estimate of drug-likeness (QED) is 0.575. The van der Waals surface area contributed by atoms with Gasteiger partial charge in [-0.2, -0.15) is 0 Å². The Balaban J connectivity index is 2.10. The van der Waals surface area contributed by atoms with Crippen LogP contribution in [0, 0.1) is 0 Å². The number of halogens is 1. The zero-order valence-corrected chi connectivity index (χ0v) is 15.8. The number of Topliss-reactive ketones (excluding diaryl/α,β-unsaturated/α-hetero) is 1. The second-order valence-electron chi connectivity index (χ2n) is 5.72. The third-order valence-electron chi connectivity index (χ3n) is 3.75. The number of carbonyl (C=O) groups excluding carboxylic acids is 2. The molecule has 3 N–H and O–H groups in total. The van der Waals surface area contributed by atoms with Crippen molar-refractivity contribution in [1.29, 1.82) is 0 Å². The van der Waals surface area contributed by atoms with Crippen LogP contribution >= 0.6 is 15.9 Å². The SMILES string of the molecule is CC(=O)c1ccc(NC(=O)O[C@@H](CCCO)c2cc(Br)ccc2O)cc1. The van der Waals surface area contributed by atoms with Gasteiger partial charge in [-0.15, -0.1) is 0 Å². The van der Waals surface area contributed by atoms with Crippen molar-refractivity contribution in [3.63, 3.8) is 0 Å². The van der Waals surface area contributed by atoms with Crippen molar-refractivity contribution in [1.82, 2.24) is 0 Å². The molecule has 0 saturated heterocycles. The van der Waals surface area contributed by atoms with E-state index in [0.717, 1.165) is 4.47 Å². The first-order valence-electron chi connectivity index (χ1n) is 8.08. The van der Waals surface area contributed by atoms with Crippen molar-refractivity contribution in [2.75, 3.05) is 11.9 Å². The molecular weight excluding hydrogens is 402 g/mol. The van der Waals surface area contributed by atoms with Gasteiger partial charge in [0.2, 0.25) is 0 Å². The number of rotatable bonds is 7. The van der Waals surface area contributed by atoms with Crippen molar-refractivity contribution in [2.24, 2.45) is 0 Å². The predicted octanol–water partition coefficient (Wildman–Crippen LogP) is 4.42. The Labute approximate surface area is 159 Å². The average Bonchev–Trinajstić information content (AvgIpc) is 2.61. The van der Waals surface area contributed by atoms with Crippen LogP contribution in [-0.2, 0) is 4.74 Å². The number of benzene rings is 2. The fourth-order valence-corrected chi connectivity index (χ4v) is 2.78. The van der Waals surface area contributed by atoms with Gasteiger partial charge in [0.15, 0.2) is 5.78 Å². The molecule has 2 rings (SSSR count). The van der Waals surface area contributed by atoms with Crippen LogP contribution in [0.25, 0.3) is 0 Å². The summed E-state index contributed by atoms with van der Waals surface area (Å²) in [6, 6.07) is 11.3. The van der Waals surface area contributed by atoms with Gasteiger partial charge < -0.3 is 14.9 Å². The lowest BCUT2D eigenvalue weighted by Crippen LogP contribution is -2.18. The van der Waals surface area contributed by atoms with Crippen LogP contribution in [0.5, 0.6) is 5.75 Å². The third kappa shape index (κ3) is 5.57. The van der Waals surface area contributed by atoms with Gasteiger partial charge in [0.1, 0.15) is 11.9 Å². The topological polar surface area (TPSA) is 95.9 Å². The second-order valence-corrected chi connectivity index (χ2v) is 6.64. The number of hydrogen-bond acceptors (Lipinski definition) is 5. The maximum absolute atomic E-state index is 12.2. The number of aliphatic hydroxyl groups is 1. The highest BCUT2D eigenvalue weighted by molar-refractivity contribution is 9.10. The first kappa shape index (κ1) is 19.9. The summed E-state index contributed by atoms with van der Waals surface area (Å²) in [5.74, 6) is -0.0527. The Kier molecular flexibility index (Phi) is 7.17. The molecule has 0 bridgehead atoms. The molecule has 0 unspecified atom stereocenters. The summed E-state index contributed by atoms with van der Waals surface area (Å²) in [5.41, 5.74) is 1.48. The first-order chi connectivity index (χ1) is 12.4. The van der Waals surface area contributed by atoms with E-state index in [9.17, 15) is 14.7 Å². The first-order valence-corrected chi connectivity index (χ1v) is 8.88. The Morgan fingerprint density at radius 3 is 2.50 bits per heavy atom. The van der Waals surface area contributed by atoms with Crippen LogP contribution in [0.1, 0.15) is 41.8 Å². The van der Waals surface area contributed by atoms with Gasteiger partial charge >= 0.3 is 6.09 Å². The molecular formula is C19H20BrNO5. The number of anilines is 1. The number of ketones is 1. The summed E-state index contributed by atoms with van der Waals surface area (Å²) in [4.78, 5) is 23.5. The molecule has 0 aliphatic heterocycles. The summed E-state index contributed by atoms with van der Waals surface area (Å²) in [6.45, 7) is 1.41. The smallest absolute Gasteiger partial charge is 0.412 e. The van der Waals surface area contributed by atoms with Crippen LogP contribution in [-0.4, -0.2) is 28.7 Å². The van der Waals surface area contributed by atoms with Crippen LogP contribution in [0.2, 0.25) is 0 Å². The van der Waals surface area contributed by atoms with Gasteiger partial charge in [0.05, 0.1) is 0 Å². The van der Waals surface area contributed by atoms with Crippen molar-refractivity contribution in [3.8, 4) is 5.75 Å². The molecule has 2 aromatic carbocycles. The molecule has 0 aliphatic rings. The molecule has 26 heavy (non-hydrogen) atoms. The van der Waals surface area contributed by atoms with Gasteiger partial charge in [-0.1, -0.05) is 15.9 Å². The van der Waals surface area contributed by atoms with E-state index in [1.807, 2.05) is 0 Å². The normalized spacial score (nSPS) is 11.7. The van der Waals surface area contributed by atoms with Crippen molar-refractivity contribution < 1.29 is 24.5 Å². The van der Waals surface area contributed by atoms with Crippen LogP contribution in [0.4, 0.5) is 10.5 Å². The summed E-state index contributed by atoms with van der Waals surface area (Å²) < 4.78 is 6.19. The van der Waals surface area contributed by atoms with E-state index in [0.29, 0.717) is 29.7 Å². The van der Waals surface area contributed by atoms with E-state index in [2.05, 4.69) is 21.2 Å². The van der Waals surface area contributed by atoms with E-state index in [1.54, 1.807) is 36.4 Å². The monoisotopic (exact) mass is 421 g/mol. The number of aliphatic hydroxyl groups excluding tert-OH is 1. The lowest BCUT2D eigenvalue weighted by molar-refractivity contribution is 0.0978. The fourth-order valence-electron chi connectivity index (χ4n) is 2.40. The summed E-state index contributed by atoms with van der Waals surface area (Å²) in [5, 5.41) is 21.7. The van der Waals surface area contributed by atoms with Gasteiger partial charge in [0.25, 0.3) is 0 Å². The minimum Gasteiger partial charge on any atom is -0.508 e. The predicted molar refractivity (Wildman–Crippen MR) is 101 cm³/mol. The maximum atomic E-state index is 12.2. The van der Waals surface area contributed by atoms with Gasteiger partial charge in [-0.05, 0) is 62.2 Å². The molecule has 0 saturated carbocycles. The molecule has 0 aliphatic carbocycles. The average molecular weight is 422 g/mol.